The smallest absolute Gasteiger partial charge is 0.222 e. The number of benzene rings is 1. The van der Waals surface area contributed by atoms with Crippen LogP contribution in [0.5, 0.6) is 17.2 Å². The number of hydrogen-bond donors (Lipinski definition) is 3. The van der Waals surface area contributed by atoms with Crippen molar-refractivity contribution in [3.63, 3.8) is 0 Å². The molecular weight excluding hydrogens is 288 g/mol. The van der Waals surface area contributed by atoms with E-state index in [2.05, 4.69) is 0 Å². The van der Waals surface area contributed by atoms with Crippen LogP contribution in [-0.2, 0) is 9.59 Å². The molecule has 2 aliphatic carbocycles. The van der Waals surface area contributed by atoms with Gasteiger partial charge < -0.3 is 20.1 Å². The maximum absolute atomic E-state index is 11.7. The van der Waals surface area contributed by atoms with Crippen LogP contribution in [0.3, 0.4) is 0 Å². The Morgan fingerprint density at radius 3 is 2.73 bits per heavy atom. The van der Waals surface area contributed by atoms with E-state index in [1.165, 1.54) is 18.2 Å². The second kappa shape index (κ2) is 3.98. The monoisotopic (exact) mass is 300 g/mol. The molecule has 0 spiro atoms. The van der Waals surface area contributed by atoms with Crippen molar-refractivity contribution >= 4 is 17.1 Å². The lowest BCUT2D eigenvalue weighted by Crippen LogP contribution is -2.38. The summed E-state index contributed by atoms with van der Waals surface area (Å²) < 4.78 is 5.42. The molecule has 1 heterocycles. The van der Waals surface area contributed by atoms with Crippen molar-refractivity contribution in [2.75, 3.05) is 6.61 Å². The summed E-state index contributed by atoms with van der Waals surface area (Å²) in [5, 5.41) is 30.3. The zero-order valence-corrected chi connectivity index (χ0v) is 11.4. The average Bonchev–Trinajstić information content (AvgIpc) is 2.75. The van der Waals surface area contributed by atoms with E-state index in [9.17, 15) is 24.9 Å². The number of fused-ring (bicyclic) bond motifs is 4. The number of allylic oxidation sites excluding steroid dienone is 2. The average molecular weight is 300 g/mol. The Balaban J connectivity index is 2.01. The first-order valence-corrected chi connectivity index (χ1v) is 6.83. The highest BCUT2D eigenvalue weighted by Crippen LogP contribution is 2.55. The van der Waals surface area contributed by atoms with Crippen LogP contribution in [0.1, 0.15) is 18.4 Å². The third kappa shape index (κ3) is 1.52. The van der Waals surface area contributed by atoms with Gasteiger partial charge in [-0.25, -0.2) is 0 Å². The number of carbonyl (C=O) groups is 2. The number of phenolic OH excluding ortho intramolecular Hbond substituents is 2. The number of aromatic hydroxyl groups is 2. The van der Waals surface area contributed by atoms with Gasteiger partial charge in [-0.05, 0) is 29.4 Å². The highest BCUT2D eigenvalue weighted by Gasteiger charge is 2.49. The Bertz CT molecular complexity index is 816. The molecule has 0 saturated carbocycles. The maximum Gasteiger partial charge on any atom is 0.222 e. The normalized spacial score (nSPS) is 26.1. The first kappa shape index (κ1) is 13.1. The topological polar surface area (TPSA) is 104 Å². The Kier molecular flexibility index (Phi) is 2.37. The molecule has 3 N–H and O–H groups in total. The third-order valence-corrected chi connectivity index (χ3v) is 4.39. The van der Waals surface area contributed by atoms with Gasteiger partial charge in [0.1, 0.15) is 12.2 Å². The predicted octanol–water partition coefficient (Wildman–Crippen LogP) is 0.847. The molecule has 1 aliphatic heterocycles. The summed E-state index contributed by atoms with van der Waals surface area (Å²) in [7, 11) is 0. The first-order valence-electron chi connectivity index (χ1n) is 6.83. The van der Waals surface area contributed by atoms with E-state index in [1.807, 2.05) is 0 Å². The number of hydrogen-bond acceptors (Lipinski definition) is 6. The van der Waals surface area contributed by atoms with Gasteiger partial charge in [0.05, 0.1) is 0 Å². The van der Waals surface area contributed by atoms with Crippen LogP contribution < -0.4 is 4.74 Å². The van der Waals surface area contributed by atoms with Gasteiger partial charge in [0, 0.05) is 24.0 Å². The van der Waals surface area contributed by atoms with Crippen molar-refractivity contribution in [1.82, 2.24) is 0 Å². The molecule has 0 saturated heterocycles. The minimum absolute atomic E-state index is 0.0661. The molecule has 3 aliphatic rings. The van der Waals surface area contributed by atoms with Crippen LogP contribution >= 0.6 is 0 Å². The fourth-order valence-electron chi connectivity index (χ4n) is 3.41. The second-order valence-corrected chi connectivity index (χ2v) is 5.79. The second-order valence-electron chi connectivity index (χ2n) is 5.79. The number of ketones is 2. The third-order valence-electron chi connectivity index (χ3n) is 4.39. The lowest BCUT2D eigenvalue weighted by Gasteiger charge is -2.33. The van der Waals surface area contributed by atoms with Crippen LogP contribution in [0.15, 0.2) is 29.4 Å². The van der Waals surface area contributed by atoms with E-state index in [-0.39, 0.29) is 30.9 Å². The molecule has 1 aromatic rings. The van der Waals surface area contributed by atoms with Gasteiger partial charge in [-0.15, -0.1) is 0 Å². The van der Waals surface area contributed by atoms with Crippen LogP contribution in [-0.4, -0.2) is 39.1 Å². The Labute approximate surface area is 125 Å². The van der Waals surface area contributed by atoms with Crippen molar-refractivity contribution in [3.05, 3.63) is 34.9 Å². The molecule has 22 heavy (non-hydrogen) atoms. The molecule has 0 aromatic heterocycles. The minimum atomic E-state index is -1.33. The van der Waals surface area contributed by atoms with Gasteiger partial charge in [0.2, 0.25) is 17.3 Å². The fourth-order valence-corrected chi connectivity index (χ4v) is 3.41. The van der Waals surface area contributed by atoms with Crippen molar-refractivity contribution < 1.29 is 29.6 Å². The molecule has 112 valence electrons. The summed E-state index contributed by atoms with van der Waals surface area (Å²) in [6.07, 6.45) is 1.39. The Morgan fingerprint density at radius 2 is 1.95 bits per heavy atom. The fraction of sp³-hybridized carbons (Fsp3) is 0.250. The Morgan fingerprint density at radius 1 is 1.18 bits per heavy atom. The summed E-state index contributed by atoms with van der Waals surface area (Å²) >= 11 is 0. The minimum Gasteiger partial charge on any atom is -0.504 e. The number of carbonyl (C=O) groups excluding carboxylic acids is 2. The lowest BCUT2D eigenvalue weighted by molar-refractivity contribution is -0.133. The molecule has 6 heteroatoms. The molecule has 6 nitrogen and oxygen atoms in total. The zero-order valence-electron chi connectivity index (χ0n) is 11.4. The number of phenols is 2. The van der Waals surface area contributed by atoms with Gasteiger partial charge in [0.15, 0.2) is 11.5 Å². The van der Waals surface area contributed by atoms with Crippen molar-refractivity contribution in [3.8, 4) is 17.2 Å². The van der Waals surface area contributed by atoms with Gasteiger partial charge in [-0.2, -0.15) is 0 Å². The first-order chi connectivity index (χ1) is 10.4. The summed E-state index contributed by atoms with van der Waals surface area (Å²) in [5.74, 6) is -1.72. The molecule has 0 bridgehead atoms. The highest BCUT2D eigenvalue weighted by atomic mass is 16.5. The highest BCUT2D eigenvalue weighted by molar-refractivity contribution is 6.43. The Hall–Kier alpha value is -2.60. The summed E-state index contributed by atoms with van der Waals surface area (Å²) in [6.45, 7) is -0.116. The van der Waals surface area contributed by atoms with Gasteiger partial charge in [-0.3, -0.25) is 9.59 Å². The lowest BCUT2D eigenvalue weighted by atomic mass is 9.86. The van der Waals surface area contributed by atoms with Gasteiger partial charge >= 0.3 is 0 Å². The van der Waals surface area contributed by atoms with Gasteiger partial charge in [0.25, 0.3) is 0 Å². The van der Waals surface area contributed by atoms with E-state index in [0.717, 1.165) is 0 Å². The van der Waals surface area contributed by atoms with Crippen LogP contribution in [0.4, 0.5) is 0 Å². The van der Waals surface area contributed by atoms with E-state index < -0.39 is 22.9 Å². The summed E-state index contributed by atoms with van der Waals surface area (Å²) in [5.41, 5.74) is 0.844. The SMILES string of the molecule is O=C1C=C2C[C@@]3(O)COc4c(ccc(O)c4O)C3=C2CC1=O. The molecule has 1 atom stereocenters. The number of Topliss-reactive ketones (excluding diaryl/α,β-unsaturated/α-hetero) is 1. The molecule has 0 radical (unpaired) electrons. The molecular formula is C16H12O6. The van der Waals surface area contributed by atoms with Crippen LogP contribution in [0.25, 0.3) is 5.57 Å². The van der Waals surface area contributed by atoms with Crippen molar-refractivity contribution in [2.24, 2.45) is 0 Å². The van der Waals surface area contributed by atoms with E-state index in [0.29, 0.717) is 22.3 Å². The molecule has 4 rings (SSSR count). The summed E-state index contributed by atoms with van der Waals surface area (Å²) in [4.78, 5) is 23.3. The summed E-state index contributed by atoms with van der Waals surface area (Å²) in [6, 6.07) is 2.83. The van der Waals surface area contributed by atoms with Crippen LogP contribution in [0, 0.1) is 0 Å². The van der Waals surface area contributed by atoms with Crippen LogP contribution in [0.2, 0.25) is 0 Å². The van der Waals surface area contributed by atoms with E-state index in [1.54, 1.807) is 0 Å². The zero-order chi connectivity index (χ0) is 15.6. The standard InChI is InChI=1S/C16H12O6/c17-10-2-1-8-13-9-4-12(19)11(18)3-7(9)5-16(13,21)6-22-15(8)14(10)20/h1-3,17,20-21H,4-6H2/t16-/m1/s1. The largest absolute Gasteiger partial charge is 0.504 e. The molecule has 0 amide bonds. The number of ether oxygens (including phenoxy) is 1. The number of rotatable bonds is 0. The molecule has 0 fully saturated rings. The van der Waals surface area contributed by atoms with E-state index in [4.69, 9.17) is 4.74 Å². The quantitative estimate of drug-likeness (QED) is 0.484. The predicted molar refractivity (Wildman–Crippen MR) is 74.5 cm³/mol. The van der Waals surface area contributed by atoms with E-state index >= 15 is 0 Å². The van der Waals surface area contributed by atoms with Crippen molar-refractivity contribution in [2.45, 2.75) is 18.4 Å². The van der Waals surface area contributed by atoms with Crippen molar-refractivity contribution in [1.29, 1.82) is 0 Å². The molecule has 0 unspecified atom stereocenters. The number of aliphatic hydroxyl groups is 1. The maximum atomic E-state index is 11.7. The van der Waals surface area contributed by atoms with Gasteiger partial charge in [-0.1, -0.05) is 0 Å². The molecule has 1 aromatic carbocycles.